The molecule has 8 heteroatoms. The van der Waals surface area contributed by atoms with Gasteiger partial charge in [0.15, 0.2) is 6.29 Å². The highest BCUT2D eigenvalue weighted by Crippen LogP contribution is 2.17. The molecular formula is C13H12BBr2F2N2O. The van der Waals surface area contributed by atoms with Gasteiger partial charge in [-0.3, -0.25) is 14.8 Å². The number of rotatable bonds is 2. The van der Waals surface area contributed by atoms with Crippen molar-refractivity contribution in [1.29, 1.82) is 0 Å². The van der Waals surface area contributed by atoms with E-state index < -0.39 is 6.43 Å². The Morgan fingerprint density at radius 2 is 1.52 bits per heavy atom. The van der Waals surface area contributed by atoms with E-state index in [9.17, 15) is 13.6 Å². The lowest BCUT2D eigenvalue weighted by atomic mass is 10.4. The van der Waals surface area contributed by atoms with Crippen LogP contribution in [0.2, 0.25) is 0 Å². The van der Waals surface area contributed by atoms with Gasteiger partial charge in [-0.1, -0.05) is 7.43 Å². The smallest absolute Gasteiger partial charge is 0.280 e. The average molecular weight is 421 g/mol. The Bertz CT molecular complexity index is 525. The summed E-state index contributed by atoms with van der Waals surface area (Å²) in [4.78, 5) is 17.3. The Morgan fingerprint density at radius 1 is 1.00 bits per heavy atom. The molecule has 2 heterocycles. The summed E-state index contributed by atoms with van der Waals surface area (Å²) in [6.07, 6.45) is 1.17. The van der Waals surface area contributed by atoms with Gasteiger partial charge in [0, 0.05) is 29.8 Å². The highest BCUT2D eigenvalue weighted by Gasteiger charge is 2.06. The van der Waals surface area contributed by atoms with Crippen molar-refractivity contribution >= 4 is 46.6 Å². The molecule has 0 N–H and O–H groups in total. The summed E-state index contributed by atoms with van der Waals surface area (Å²) in [7, 11) is 0. The normalized spacial score (nSPS) is 8.81. The lowest BCUT2D eigenvalue weighted by Crippen LogP contribution is -1.87. The molecule has 0 fully saturated rings. The Balaban J connectivity index is 0. The SMILES string of the molecule is C.FC(F)c1ccc(Br)cn1.O=Cc1ccc(Br)cn1.[B]. The zero-order valence-electron chi connectivity index (χ0n) is 10.0. The number of carbonyl (C=O) groups excluding carboxylic acids is 1. The minimum absolute atomic E-state index is 0. The van der Waals surface area contributed by atoms with Crippen molar-refractivity contribution in [3.05, 3.63) is 57.0 Å². The summed E-state index contributed by atoms with van der Waals surface area (Å²) in [5, 5.41) is 0. The molecule has 0 unspecified atom stereocenters. The second-order valence-corrected chi connectivity index (χ2v) is 5.05. The summed E-state index contributed by atoms with van der Waals surface area (Å²) >= 11 is 6.28. The topological polar surface area (TPSA) is 42.9 Å². The van der Waals surface area contributed by atoms with Crippen molar-refractivity contribution in [1.82, 2.24) is 9.97 Å². The van der Waals surface area contributed by atoms with Crippen molar-refractivity contribution in [2.75, 3.05) is 0 Å². The van der Waals surface area contributed by atoms with E-state index in [2.05, 4.69) is 41.8 Å². The second kappa shape index (κ2) is 11.5. The number of nitrogens with zero attached hydrogens (tertiary/aromatic N) is 2. The molecule has 0 spiro atoms. The monoisotopic (exact) mass is 419 g/mol. The first-order valence-corrected chi connectivity index (χ1v) is 6.58. The molecule has 0 aliphatic heterocycles. The van der Waals surface area contributed by atoms with E-state index in [0.29, 0.717) is 16.5 Å². The van der Waals surface area contributed by atoms with Crippen molar-refractivity contribution < 1.29 is 13.6 Å². The maximum atomic E-state index is 11.8. The third-order valence-electron chi connectivity index (χ3n) is 1.84. The van der Waals surface area contributed by atoms with Gasteiger partial charge in [-0.05, 0) is 56.1 Å². The van der Waals surface area contributed by atoms with E-state index in [-0.39, 0.29) is 21.5 Å². The maximum Gasteiger partial charge on any atom is 0.280 e. The first-order chi connectivity index (χ1) is 9.02. The van der Waals surface area contributed by atoms with E-state index in [0.717, 1.165) is 4.47 Å². The van der Waals surface area contributed by atoms with Crippen LogP contribution in [0.5, 0.6) is 0 Å². The second-order valence-electron chi connectivity index (χ2n) is 3.22. The number of hydrogen-bond acceptors (Lipinski definition) is 3. The highest BCUT2D eigenvalue weighted by atomic mass is 79.9. The van der Waals surface area contributed by atoms with Crippen molar-refractivity contribution in [3.63, 3.8) is 0 Å². The van der Waals surface area contributed by atoms with Crippen LogP contribution in [0, 0.1) is 0 Å². The molecule has 0 amide bonds. The van der Waals surface area contributed by atoms with E-state index >= 15 is 0 Å². The van der Waals surface area contributed by atoms with E-state index in [4.69, 9.17) is 0 Å². The number of aromatic nitrogens is 2. The quantitative estimate of drug-likeness (QED) is 0.522. The molecule has 3 nitrogen and oxygen atoms in total. The Kier molecular flexibility index (Phi) is 12.1. The molecule has 0 atom stereocenters. The lowest BCUT2D eigenvalue weighted by molar-refractivity contribution is 0.111. The van der Waals surface area contributed by atoms with Gasteiger partial charge in [0.1, 0.15) is 11.4 Å². The van der Waals surface area contributed by atoms with Crippen molar-refractivity contribution in [2.24, 2.45) is 0 Å². The molecular weight excluding hydrogens is 409 g/mol. The van der Waals surface area contributed by atoms with Crippen LogP contribution in [-0.4, -0.2) is 24.7 Å². The minimum atomic E-state index is -2.48. The van der Waals surface area contributed by atoms with Gasteiger partial charge < -0.3 is 0 Å². The summed E-state index contributed by atoms with van der Waals surface area (Å²) in [5.74, 6) is 0. The van der Waals surface area contributed by atoms with Crippen LogP contribution in [0.3, 0.4) is 0 Å². The molecule has 0 aliphatic carbocycles. The van der Waals surface area contributed by atoms with Gasteiger partial charge in [0.25, 0.3) is 6.43 Å². The number of pyridine rings is 2. The molecule has 0 aliphatic rings. The van der Waals surface area contributed by atoms with Gasteiger partial charge in [-0.25, -0.2) is 8.78 Å². The Morgan fingerprint density at radius 3 is 1.86 bits per heavy atom. The van der Waals surface area contributed by atoms with E-state index in [1.165, 1.54) is 18.3 Å². The highest BCUT2D eigenvalue weighted by molar-refractivity contribution is 9.10. The van der Waals surface area contributed by atoms with Crippen LogP contribution in [0.4, 0.5) is 8.78 Å². The largest absolute Gasteiger partial charge is 0.296 e. The van der Waals surface area contributed by atoms with E-state index in [1.54, 1.807) is 18.3 Å². The first-order valence-electron chi connectivity index (χ1n) is 4.99. The van der Waals surface area contributed by atoms with Gasteiger partial charge >= 0.3 is 0 Å². The molecule has 0 saturated carbocycles. The van der Waals surface area contributed by atoms with Crippen molar-refractivity contribution in [2.45, 2.75) is 13.9 Å². The predicted molar refractivity (Wildman–Crippen MR) is 86.7 cm³/mol. The van der Waals surface area contributed by atoms with Gasteiger partial charge in [-0.2, -0.15) is 0 Å². The number of carbonyl (C=O) groups is 1. The molecule has 2 aromatic rings. The Hall–Kier alpha value is -1.15. The molecule has 0 aromatic carbocycles. The summed E-state index contributed by atoms with van der Waals surface area (Å²) in [6.45, 7) is 0. The van der Waals surface area contributed by atoms with Crippen LogP contribution in [0.25, 0.3) is 0 Å². The summed E-state index contributed by atoms with van der Waals surface area (Å²) in [6, 6.07) is 6.25. The minimum Gasteiger partial charge on any atom is -0.296 e. The van der Waals surface area contributed by atoms with Crippen LogP contribution < -0.4 is 0 Å². The average Bonchev–Trinajstić information content (AvgIpc) is 2.41. The summed E-state index contributed by atoms with van der Waals surface area (Å²) < 4.78 is 25.2. The zero-order valence-corrected chi connectivity index (χ0v) is 13.2. The standard InChI is InChI=1S/C6H4BrF2N.C6H4BrNO.CH4.B/c7-4-1-2-5(6(8)9)10-3-4;7-5-1-2-6(4-9)8-3-5;;/h1-3,6H;1-4H;1H4;. The third-order valence-corrected chi connectivity index (χ3v) is 2.78. The molecule has 2 rings (SSSR count). The Labute approximate surface area is 141 Å². The maximum absolute atomic E-state index is 11.8. The first kappa shape index (κ1) is 22.1. The molecule has 2 aromatic heterocycles. The predicted octanol–water partition coefficient (Wildman–Crippen LogP) is 4.69. The van der Waals surface area contributed by atoms with Crippen LogP contribution in [0.15, 0.2) is 45.6 Å². The molecule has 111 valence electrons. The van der Waals surface area contributed by atoms with Crippen molar-refractivity contribution in [3.8, 4) is 0 Å². The number of halogens is 4. The van der Waals surface area contributed by atoms with Gasteiger partial charge in [0.05, 0.1) is 0 Å². The van der Waals surface area contributed by atoms with E-state index in [1.807, 2.05) is 0 Å². The summed E-state index contributed by atoms with van der Waals surface area (Å²) in [5.41, 5.74) is 0.265. The fraction of sp³-hybridized carbons (Fsp3) is 0.154. The zero-order chi connectivity index (χ0) is 14.3. The number of aldehydes is 1. The third kappa shape index (κ3) is 8.67. The van der Waals surface area contributed by atoms with Crippen LogP contribution in [0.1, 0.15) is 30.0 Å². The fourth-order valence-electron chi connectivity index (χ4n) is 0.973. The van der Waals surface area contributed by atoms with Crippen LogP contribution in [-0.2, 0) is 0 Å². The molecule has 21 heavy (non-hydrogen) atoms. The lowest BCUT2D eigenvalue weighted by Gasteiger charge is -1.95. The number of alkyl halides is 2. The fourth-order valence-corrected chi connectivity index (χ4v) is 1.44. The molecule has 0 bridgehead atoms. The molecule has 3 radical (unpaired) electrons. The van der Waals surface area contributed by atoms with Gasteiger partial charge in [-0.15, -0.1) is 0 Å². The number of hydrogen-bond donors (Lipinski definition) is 0. The van der Waals surface area contributed by atoms with Gasteiger partial charge in [0.2, 0.25) is 0 Å². The van der Waals surface area contributed by atoms with Crippen LogP contribution >= 0.6 is 31.9 Å². The molecule has 0 saturated heterocycles.